The Labute approximate surface area is 87.3 Å². The molecular weight excluding hydrogens is 199 g/mol. The molecule has 0 saturated carbocycles. The molecule has 82 valence electrons. The van der Waals surface area contributed by atoms with Crippen molar-refractivity contribution in [2.45, 2.75) is 0 Å². The summed E-state index contributed by atoms with van der Waals surface area (Å²) < 4.78 is 12.8. The number of nitrogens with zero attached hydrogens (tertiary/aromatic N) is 1. The first-order valence-corrected chi connectivity index (χ1v) is 4.52. The highest BCUT2D eigenvalue weighted by Crippen LogP contribution is 2.09. The summed E-state index contributed by atoms with van der Waals surface area (Å²) in [4.78, 5) is 12.7. The zero-order chi connectivity index (χ0) is 11.3. The number of aliphatic hydroxyl groups excluding tert-OH is 1. The minimum absolute atomic E-state index is 0.104. The maximum atomic E-state index is 12.8. The maximum absolute atomic E-state index is 12.8. The van der Waals surface area contributed by atoms with Gasteiger partial charge < -0.3 is 15.3 Å². The Hall–Kier alpha value is -1.62. The zero-order valence-electron chi connectivity index (χ0n) is 8.40. The van der Waals surface area contributed by atoms with E-state index in [0.29, 0.717) is 5.69 Å². The Morgan fingerprint density at radius 1 is 1.60 bits per heavy atom. The molecule has 0 radical (unpaired) electrons. The van der Waals surface area contributed by atoms with Crippen molar-refractivity contribution in [1.82, 2.24) is 4.90 Å². The summed E-state index contributed by atoms with van der Waals surface area (Å²) in [7, 11) is 1.55. The first-order chi connectivity index (χ1) is 7.13. The van der Waals surface area contributed by atoms with E-state index in [1.807, 2.05) is 0 Å². The van der Waals surface area contributed by atoms with E-state index in [9.17, 15) is 9.18 Å². The number of halogens is 1. The van der Waals surface area contributed by atoms with Crippen LogP contribution in [0, 0.1) is 5.82 Å². The Morgan fingerprint density at radius 3 is 2.93 bits per heavy atom. The molecule has 0 unspecified atom stereocenters. The van der Waals surface area contributed by atoms with Crippen LogP contribution in [0.5, 0.6) is 0 Å². The predicted molar refractivity (Wildman–Crippen MR) is 55.1 cm³/mol. The molecule has 2 amide bonds. The fourth-order valence-electron chi connectivity index (χ4n) is 1.04. The van der Waals surface area contributed by atoms with E-state index < -0.39 is 5.82 Å². The third kappa shape index (κ3) is 3.55. The number of urea groups is 1. The van der Waals surface area contributed by atoms with E-state index in [2.05, 4.69) is 5.32 Å². The number of likely N-dealkylation sites (N-methyl/N-ethyl adjacent to an activating group) is 1. The zero-order valence-corrected chi connectivity index (χ0v) is 8.40. The topological polar surface area (TPSA) is 52.6 Å². The van der Waals surface area contributed by atoms with Gasteiger partial charge in [-0.1, -0.05) is 6.07 Å². The highest BCUT2D eigenvalue weighted by molar-refractivity contribution is 5.89. The second-order valence-electron chi connectivity index (χ2n) is 3.09. The molecule has 0 atom stereocenters. The minimum atomic E-state index is -0.405. The van der Waals surface area contributed by atoms with Crippen LogP contribution < -0.4 is 5.32 Å². The van der Waals surface area contributed by atoms with E-state index in [1.165, 1.54) is 23.1 Å². The summed E-state index contributed by atoms with van der Waals surface area (Å²) in [6.45, 7) is 0.133. The van der Waals surface area contributed by atoms with Crippen molar-refractivity contribution in [2.24, 2.45) is 0 Å². The molecule has 0 saturated heterocycles. The number of carbonyl (C=O) groups excluding carboxylic acids is 1. The van der Waals surface area contributed by atoms with Crippen LogP contribution in [0.4, 0.5) is 14.9 Å². The molecule has 1 aromatic rings. The van der Waals surface area contributed by atoms with Gasteiger partial charge in [0.25, 0.3) is 0 Å². The number of rotatable bonds is 3. The standard InChI is InChI=1S/C10H13FN2O2/c1-13(5-6-14)10(15)12-9-4-2-3-8(11)7-9/h2-4,7,14H,5-6H2,1H3,(H,12,15). The van der Waals surface area contributed by atoms with E-state index >= 15 is 0 Å². The molecule has 0 aliphatic rings. The van der Waals surface area contributed by atoms with Gasteiger partial charge in [0.1, 0.15) is 5.82 Å². The lowest BCUT2D eigenvalue weighted by Crippen LogP contribution is -2.33. The lowest BCUT2D eigenvalue weighted by atomic mass is 10.3. The summed E-state index contributed by atoms with van der Waals surface area (Å²) >= 11 is 0. The molecule has 0 aromatic heterocycles. The van der Waals surface area contributed by atoms with Gasteiger partial charge >= 0.3 is 6.03 Å². The molecule has 0 fully saturated rings. The fourth-order valence-corrected chi connectivity index (χ4v) is 1.04. The third-order valence-corrected chi connectivity index (χ3v) is 1.86. The van der Waals surface area contributed by atoms with Crippen LogP contribution in [0.1, 0.15) is 0 Å². The second kappa shape index (κ2) is 5.31. The molecule has 0 bridgehead atoms. The lowest BCUT2D eigenvalue weighted by Gasteiger charge is -2.16. The summed E-state index contributed by atoms with van der Waals surface area (Å²) in [5.41, 5.74) is 0.393. The Morgan fingerprint density at radius 2 is 2.33 bits per heavy atom. The van der Waals surface area contributed by atoms with Crippen LogP contribution in [0.2, 0.25) is 0 Å². The Balaban J connectivity index is 2.58. The van der Waals surface area contributed by atoms with Crippen LogP contribution in [-0.2, 0) is 0 Å². The van der Waals surface area contributed by atoms with Crippen molar-refractivity contribution in [2.75, 3.05) is 25.5 Å². The van der Waals surface area contributed by atoms with E-state index in [-0.39, 0.29) is 19.2 Å². The van der Waals surface area contributed by atoms with Crippen LogP contribution in [0.15, 0.2) is 24.3 Å². The molecule has 4 nitrogen and oxygen atoms in total. The van der Waals surface area contributed by atoms with Gasteiger partial charge in [-0.3, -0.25) is 0 Å². The number of benzene rings is 1. The van der Waals surface area contributed by atoms with Gasteiger partial charge in [-0.25, -0.2) is 9.18 Å². The normalized spacial score (nSPS) is 9.80. The van der Waals surface area contributed by atoms with Crippen molar-refractivity contribution >= 4 is 11.7 Å². The average Bonchev–Trinajstić information content (AvgIpc) is 2.18. The maximum Gasteiger partial charge on any atom is 0.321 e. The number of amides is 2. The molecule has 2 N–H and O–H groups in total. The second-order valence-corrected chi connectivity index (χ2v) is 3.09. The van der Waals surface area contributed by atoms with E-state index in [1.54, 1.807) is 13.1 Å². The number of anilines is 1. The van der Waals surface area contributed by atoms with Crippen LogP contribution in [0.25, 0.3) is 0 Å². The van der Waals surface area contributed by atoms with Gasteiger partial charge in [0, 0.05) is 19.3 Å². The van der Waals surface area contributed by atoms with E-state index in [0.717, 1.165) is 0 Å². The number of hydrogen-bond acceptors (Lipinski definition) is 2. The van der Waals surface area contributed by atoms with Crippen LogP contribution in [0.3, 0.4) is 0 Å². The number of hydrogen-bond donors (Lipinski definition) is 2. The fraction of sp³-hybridized carbons (Fsp3) is 0.300. The summed E-state index contributed by atoms with van der Waals surface area (Å²) in [6.07, 6.45) is 0. The number of aliphatic hydroxyl groups is 1. The first kappa shape index (κ1) is 11.5. The number of carbonyl (C=O) groups is 1. The average molecular weight is 212 g/mol. The lowest BCUT2D eigenvalue weighted by molar-refractivity contribution is 0.202. The van der Waals surface area contributed by atoms with Gasteiger partial charge in [0.2, 0.25) is 0 Å². The number of nitrogens with one attached hydrogen (secondary N) is 1. The molecule has 0 aliphatic carbocycles. The minimum Gasteiger partial charge on any atom is -0.395 e. The highest BCUT2D eigenvalue weighted by Gasteiger charge is 2.07. The monoisotopic (exact) mass is 212 g/mol. The molecule has 0 spiro atoms. The summed E-state index contributed by atoms with van der Waals surface area (Å²) in [5.74, 6) is -0.405. The van der Waals surface area contributed by atoms with Gasteiger partial charge in [0.05, 0.1) is 6.61 Å². The predicted octanol–water partition coefficient (Wildman–Crippen LogP) is 1.28. The van der Waals surface area contributed by atoms with Crippen molar-refractivity contribution in [3.05, 3.63) is 30.1 Å². The third-order valence-electron chi connectivity index (χ3n) is 1.86. The van der Waals surface area contributed by atoms with Crippen molar-refractivity contribution in [1.29, 1.82) is 0 Å². The van der Waals surface area contributed by atoms with E-state index in [4.69, 9.17) is 5.11 Å². The molecule has 1 rings (SSSR count). The van der Waals surface area contributed by atoms with Crippen molar-refractivity contribution in [3.63, 3.8) is 0 Å². The van der Waals surface area contributed by atoms with Crippen LogP contribution >= 0.6 is 0 Å². The van der Waals surface area contributed by atoms with Crippen LogP contribution in [-0.4, -0.2) is 36.2 Å². The van der Waals surface area contributed by atoms with Gasteiger partial charge in [-0.05, 0) is 18.2 Å². The van der Waals surface area contributed by atoms with Crippen molar-refractivity contribution < 1.29 is 14.3 Å². The molecule has 0 aliphatic heterocycles. The quantitative estimate of drug-likeness (QED) is 0.793. The first-order valence-electron chi connectivity index (χ1n) is 4.52. The molecule has 1 aromatic carbocycles. The molecular formula is C10H13FN2O2. The molecule has 0 heterocycles. The molecule has 5 heteroatoms. The Bertz CT molecular complexity index is 344. The van der Waals surface area contributed by atoms with Crippen molar-refractivity contribution in [3.8, 4) is 0 Å². The van der Waals surface area contributed by atoms with Gasteiger partial charge in [-0.15, -0.1) is 0 Å². The largest absolute Gasteiger partial charge is 0.395 e. The summed E-state index contributed by atoms with van der Waals surface area (Å²) in [6, 6.07) is 5.25. The smallest absolute Gasteiger partial charge is 0.321 e. The van der Waals surface area contributed by atoms with Gasteiger partial charge in [-0.2, -0.15) is 0 Å². The Kier molecular flexibility index (Phi) is 4.05. The highest BCUT2D eigenvalue weighted by atomic mass is 19.1. The van der Waals surface area contributed by atoms with Gasteiger partial charge in [0.15, 0.2) is 0 Å². The summed E-state index contributed by atoms with van der Waals surface area (Å²) in [5, 5.41) is 11.1. The molecule has 15 heavy (non-hydrogen) atoms. The SMILES string of the molecule is CN(CCO)C(=O)Nc1cccc(F)c1.